The molecule has 0 aromatic heterocycles. The minimum atomic E-state index is -0.262. The van der Waals surface area contributed by atoms with Gasteiger partial charge in [0.05, 0.1) is 6.61 Å². The van der Waals surface area contributed by atoms with Crippen LogP contribution in [0.4, 0.5) is 0 Å². The Morgan fingerprint density at radius 3 is 3.00 bits per heavy atom. The molecule has 0 radical (unpaired) electrons. The first-order chi connectivity index (χ1) is 4.88. The second-order valence-electron chi connectivity index (χ2n) is 2.46. The Hall–Kier alpha value is -0.410. The van der Waals surface area contributed by atoms with Crippen LogP contribution < -0.4 is 0 Å². The summed E-state index contributed by atoms with van der Waals surface area (Å²) in [7, 11) is 1.55. The van der Waals surface area contributed by atoms with Crippen molar-refractivity contribution in [2.75, 3.05) is 20.3 Å². The summed E-state index contributed by atoms with van der Waals surface area (Å²) in [5.74, 6) is 0.280. The number of aldehydes is 1. The molecule has 1 fully saturated rings. The van der Waals surface area contributed by atoms with Crippen molar-refractivity contribution >= 4 is 6.29 Å². The van der Waals surface area contributed by atoms with Crippen LogP contribution in [0.1, 0.15) is 6.42 Å². The molecule has 0 aliphatic carbocycles. The molecule has 0 unspecified atom stereocenters. The van der Waals surface area contributed by atoms with E-state index in [9.17, 15) is 4.79 Å². The topological polar surface area (TPSA) is 35.5 Å². The van der Waals surface area contributed by atoms with Crippen molar-refractivity contribution in [3.8, 4) is 0 Å². The van der Waals surface area contributed by atoms with Crippen molar-refractivity contribution in [1.29, 1.82) is 0 Å². The van der Waals surface area contributed by atoms with E-state index in [4.69, 9.17) is 9.47 Å². The van der Waals surface area contributed by atoms with Crippen LogP contribution >= 0.6 is 0 Å². The normalized spacial score (nSPS) is 28.3. The predicted molar refractivity (Wildman–Crippen MR) is 35.8 cm³/mol. The summed E-state index contributed by atoms with van der Waals surface area (Å²) in [6.45, 7) is 1.43. The van der Waals surface area contributed by atoms with E-state index in [1.807, 2.05) is 0 Å². The Morgan fingerprint density at radius 2 is 2.60 bits per heavy atom. The summed E-state index contributed by atoms with van der Waals surface area (Å²) < 4.78 is 10.0. The van der Waals surface area contributed by atoms with Crippen LogP contribution in [-0.4, -0.2) is 32.7 Å². The molecule has 58 valence electrons. The quantitative estimate of drug-likeness (QED) is 0.532. The molecule has 0 aromatic rings. The van der Waals surface area contributed by atoms with Crippen molar-refractivity contribution in [2.24, 2.45) is 5.92 Å². The molecule has 3 nitrogen and oxygen atoms in total. The third-order valence-corrected chi connectivity index (χ3v) is 1.84. The first kappa shape index (κ1) is 7.69. The van der Waals surface area contributed by atoms with Crippen LogP contribution in [0.3, 0.4) is 0 Å². The van der Waals surface area contributed by atoms with Gasteiger partial charge in [0.1, 0.15) is 12.4 Å². The molecule has 1 saturated heterocycles. The average molecular weight is 144 g/mol. The molecule has 3 heteroatoms. The second kappa shape index (κ2) is 3.68. The number of carbonyl (C=O) groups excluding carboxylic acids is 1. The molecule has 0 aromatic carbocycles. The zero-order valence-electron chi connectivity index (χ0n) is 6.08. The van der Waals surface area contributed by atoms with Crippen LogP contribution in [0.15, 0.2) is 0 Å². The van der Waals surface area contributed by atoms with E-state index < -0.39 is 0 Å². The average Bonchev–Trinajstić information content (AvgIpc) is 2.43. The molecule has 1 aliphatic heterocycles. The highest BCUT2D eigenvalue weighted by Gasteiger charge is 2.24. The highest BCUT2D eigenvalue weighted by atomic mass is 16.5. The Balaban J connectivity index is 2.36. The van der Waals surface area contributed by atoms with Crippen molar-refractivity contribution < 1.29 is 14.3 Å². The zero-order valence-corrected chi connectivity index (χ0v) is 6.08. The minimum Gasteiger partial charge on any atom is -0.381 e. The van der Waals surface area contributed by atoms with Gasteiger partial charge in [0.2, 0.25) is 0 Å². The maximum Gasteiger partial charge on any atom is 0.149 e. The van der Waals surface area contributed by atoms with Crippen molar-refractivity contribution in [3.05, 3.63) is 0 Å². The van der Waals surface area contributed by atoms with Gasteiger partial charge < -0.3 is 14.3 Å². The van der Waals surface area contributed by atoms with Gasteiger partial charge >= 0.3 is 0 Å². The van der Waals surface area contributed by atoms with Gasteiger partial charge in [-0.3, -0.25) is 0 Å². The van der Waals surface area contributed by atoms with E-state index in [1.165, 1.54) is 0 Å². The highest BCUT2D eigenvalue weighted by molar-refractivity contribution is 5.56. The van der Waals surface area contributed by atoms with Gasteiger partial charge in [-0.1, -0.05) is 0 Å². The zero-order chi connectivity index (χ0) is 7.40. The summed E-state index contributed by atoms with van der Waals surface area (Å²) >= 11 is 0. The summed E-state index contributed by atoms with van der Waals surface area (Å²) in [5, 5.41) is 0. The Kier molecular flexibility index (Phi) is 2.83. The van der Waals surface area contributed by atoms with Crippen molar-refractivity contribution in [1.82, 2.24) is 0 Å². The van der Waals surface area contributed by atoms with Gasteiger partial charge in [0.25, 0.3) is 0 Å². The van der Waals surface area contributed by atoms with E-state index in [0.29, 0.717) is 6.61 Å². The molecule has 0 saturated carbocycles. The number of hydrogen-bond acceptors (Lipinski definition) is 3. The number of carbonyl (C=O) groups is 1. The molecule has 0 amide bonds. The van der Waals surface area contributed by atoms with Crippen LogP contribution in [0.25, 0.3) is 0 Å². The molecular weight excluding hydrogens is 132 g/mol. The fourth-order valence-electron chi connectivity index (χ4n) is 1.17. The van der Waals surface area contributed by atoms with Crippen LogP contribution in [-0.2, 0) is 14.3 Å². The molecule has 1 rings (SSSR count). The van der Waals surface area contributed by atoms with E-state index in [2.05, 4.69) is 0 Å². The van der Waals surface area contributed by atoms with Gasteiger partial charge in [-0.15, -0.1) is 0 Å². The molecule has 2 atom stereocenters. The van der Waals surface area contributed by atoms with Gasteiger partial charge in [0, 0.05) is 19.6 Å². The molecule has 1 heterocycles. The third-order valence-electron chi connectivity index (χ3n) is 1.84. The number of ether oxygens (including phenoxy) is 2. The maximum atomic E-state index is 10.3. The lowest BCUT2D eigenvalue weighted by Crippen LogP contribution is -2.24. The third kappa shape index (κ3) is 1.55. The molecule has 0 N–H and O–H groups in total. The van der Waals surface area contributed by atoms with Gasteiger partial charge in [-0.05, 0) is 6.42 Å². The smallest absolute Gasteiger partial charge is 0.149 e. The van der Waals surface area contributed by atoms with Gasteiger partial charge in [-0.25, -0.2) is 0 Å². The van der Waals surface area contributed by atoms with Crippen molar-refractivity contribution in [3.63, 3.8) is 0 Å². The highest BCUT2D eigenvalue weighted by Crippen LogP contribution is 2.16. The SMILES string of the molecule is CO[C@@H](C=O)[C@@H]1CCOC1. The first-order valence-corrected chi connectivity index (χ1v) is 3.44. The lowest BCUT2D eigenvalue weighted by molar-refractivity contribution is -0.119. The van der Waals surface area contributed by atoms with Crippen molar-refractivity contribution in [2.45, 2.75) is 12.5 Å². The molecule has 1 aliphatic rings. The van der Waals surface area contributed by atoms with E-state index in [1.54, 1.807) is 7.11 Å². The molecular formula is C7H12O3. The van der Waals surface area contributed by atoms with Crippen LogP contribution in [0, 0.1) is 5.92 Å². The van der Waals surface area contributed by atoms with E-state index in [0.717, 1.165) is 19.3 Å². The fraction of sp³-hybridized carbons (Fsp3) is 0.857. The summed E-state index contributed by atoms with van der Waals surface area (Å²) in [6, 6.07) is 0. The molecule has 0 spiro atoms. The minimum absolute atomic E-state index is 0.262. The first-order valence-electron chi connectivity index (χ1n) is 3.44. The Morgan fingerprint density at radius 1 is 1.80 bits per heavy atom. The molecule has 0 bridgehead atoms. The van der Waals surface area contributed by atoms with Crippen LogP contribution in [0.2, 0.25) is 0 Å². The lowest BCUT2D eigenvalue weighted by atomic mass is 10.0. The fourth-order valence-corrected chi connectivity index (χ4v) is 1.17. The lowest BCUT2D eigenvalue weighted by Gasteiger charge is -2.13. The summed E-state index contributed by atoms with van der Waals surface area (Å²) in [6.07, 6.45) is 1.53. The Labute approximate surface area is 60.3 Å². The summed E-state index contributed by atoms with van der Waals surface area (Å²) in [4.78, 5) is 10.3. The molecule has 10 heavy (non-hydrogen) atoms. The summed E-state index contributed by atoms with van der Waals surface area (Å²) in [5.41, 5.74) is 0. The second-order valence-corrected chi connectivity index (χ2v) is 2.46. The number of rotatable bonds is 3. The standard InChI is InChI=1S/C7H12O3/c1-9-7(4-8)6-2-3-10-5-6/h4,6-7H,2-3,5H2,1H3/t6-,7+/m1/s1. The maximum absolute atomic E-state index is 10.3. The largest absolute Gasteiger partial charge is 0.381 e. The van der Waals surface area contributed by atoms with E-state index >= 15 is 0 Å². The van der Waals surface area contributed by atoms with Crippen LogP contribution in [0.5, 0.6) is 0 Å². The number of hydrogen-bond donors (Lipinski definition) is 0. The Bertz CT molecular complexity index is 107. The number of methoxy groups -OCH3 is 1. The monoisotopic (exact) mass is 144 g/mol. The van der Waals surface area contributed by atoms with E-state index in [-0.39, 0.29) is 12.0 Å². The van der Waals surface area contributed by atoms with Gasteiger partial charge in [-0.2, -0.15) is 0 Å². The van der Waals surface area contributed by atoms with Gasteiger partial charge in [0.15, 0.2) is 0 Å². The predicted octanol–water partition coefficient (Wildman–Crippen LogP) is 0.237.